The van der Waals surface area contributed by atoms with Gasteiger partial charge in [0.1, 0.15) is 5.75 Å². The number of aromatic nitrogens is 2. The number of fused-ring (bicyclic) bond motifs is 1. The van der Waals surface area contributed by atoms with Gasteiger partial charge in [-0.25, -0.2) is 0 Å². The summed E-state index contributed by atoms with van der Waals surface area (Å²) in [6.07, 6.45) is 0.872. The minimum absolute atomic E-state index is 0.662. The first kappa shape index (κ1) is 12.7. The highest BCUT2D eigenvalue weighted by atomic mass is 16.5. The van der Waals surface area contributed by atoms with Crippen molar-refractivity contribution in [2.45, 2.75) is 20.3 Å². The van der Waals surface area contributed by atoms with Gasteiger partial charge < -0.3 is 4.74 Å². The molecule has 0 unspecified atom stereocenters. The highest BCUT2D eigenvalue weighted by Crippen LogP contribution is 2.25. The number of aryl methyl sites for hydroxylation is 2. The van der Waals surface area contributed by atoms with Gasteiger partial charge in [0.25, 0.3) is 0 Å². The maximum Gasteiger partial charge on any atom is 0.127 e. The molecule has 3 rings (SSSR count). The summed E-state index contributed by atoms with van der Waals surface area (Å²) >= 11 is 0. The molecule has 20 heavy (non-hydrogen) atoms. The van der Waals surface area contributed by atoms with Crippen LogP contribution in [0.2, 0.25) is 0 Å². The first-order chi connectivity index (χ1) is 9.75. The standard InChI is InChI=1S/C17H18N2O/c1-12-15(13(2)19-18-12)10-11-20-17-9-5-7-14-6-3-4-8-16(14)17/h3-9H,10-11H2,1-2H3,(H,18,19). The summed E-state index contributed by atoms with van der Waals surface area (Å²) in [4.78, 5) is 0. The normalized spacial score (nSPS) is 10.9. The van der Waals surface area contributed by atoms with Crippen LogP contribution < -0.4 is 4.74 Å². The Hall–Kier alpha value is -2.29. The maximum atomic E-state index is 5.96. The van der Waals surface area contributed by atoms with E-state index in [1.165, 1.54) is 10.9 Å². The van der Waals surface area contributed by atoms with Crippen molar-refractivity contribution in [3.8, 4) is 5.75 Å². The number of ether oxygens (including phenoxy) is 1. The molecule has 0 aliphatic heterocycles. The fraction of sp³-hybridized carbons (Fsp3) is 0.235. The van der Waals surface area contributed by atoms with Gasteiger partial charge >= 0.3 is 0 Å². The second-order valence-electron chi connectivity index (χ2n) is 4.99. The average Bonchev–Trinajstić information content (AvgIpc) is 2.79. The third-order valence-corrected chi connectivity index (χ3v) is 3.64. The number of hydrogen-bond donors (Lipinski definition) is 1. The minimum Gasteiger partial charge on any atom is -0.493 e. The largest absolute Gasteiger partial charge is 0.493 e. The molecule has 0 aliphatic rings. The predicted molar refractivity (Wildman–Crippen MR) is 81.2 cm³/mol. The fourth-order valence-corrected chi connectivity index (χ4v) is 2.53. The lowest BCUT2D eigenvalue weighted by atomic mass is 10.1. The van der Waals surface area contributed by atoms with E-state index in [2.05, 4.69) is 28.4 Å². The Balaban J connectivity index is 1.75. The van der Waals surface area contributed by atoms with Crippen LogP contribution in [-0.4, -0.2) is 16.8 Å². The number of rotatable bonds is 4. The van der Waals surface area contributed by atoms with Crippen LogP contribution in [0.3, 0.4) is 0 Å². The third-order valence-electron chi connectivity index (χ3n) is 3.64. The highest BCUT2D eigenvalue weighted by molar-refractivity contribution is 5.88. The van der Waals surface area contributed by atoms with Gasteiger partial charge in [0.15, 0.2) is 0 Å². The Morgan fingerprint density at radius 2 is 1.85 bits per heavy atom. The molecule has 1 N–H and O–H groups in total. The summed E-state index contributed by atoms with van der Waals surface area (Å²) in [7, 11) is 0. The lowest BCUT2D eigenvalue weighted by Gasteiger charge is -2.09. The zero-order valence-electron chi connectivity index (χ0n) is 11.8. The third kappa shape index (κ3) is 2.39. The first-order valence-electron chi connectivity index (χ1n) is 6.86. The molecule has 0 saturated heterocycles. The SMILES string of the molecule is Cc1n[nH]c(C)c1CCOc1cccc2ccccc12. The van der Waals surface area contributed by atoms with Gasteiger partial charge in [0, 0.05) is 17.5 Å². The molecule has 0 atom stereocenters. The molecule has 1 heterocycles. The van der Waals surface area contributed by atoms with E-state index < -0.39 is 0 Å². The van der Waals surface area contributed by atoms with E-state index in [1.807, 2.05) is 38.1 Å². The van der Waals surface area contributed by atoms with Gasteiger partial charge in [0.05, 0.1) is 12.3 Å². The van der Waals surface area contributed by atoms with Crippen LogP contribution in [0, 0.1) is 13.8 Å². The molecule has 3 aromatic rings. The van der Waals surface area contributed by atoms with Crippen molar-refractivity contribution in [3.63, 3.8) is 0 Å². The van der Waals surface area contributed by atoms with Crippen LogP contribution in [-0.2, 0) is 6.42 Å². The number of H-pyrrole nitrogens is 1. The molecule has 0 bridgehead atoms. The Bertz CT molecular complexity index is 706. The monoisotopic (exact) mass is 266 g/mol. The van der Waals surface area contributed by atoms with Gasteiger partial charge in [0.2, 0.25) is 0 Å². The van der Waals surface area contributed by atoms with Crippen molar-refractivity contribution < 1.29 is 4.74 Å². The van der Waals surface area contributed by atoms with Crippen LogP contribution >= 0.6 is 0 Å². The van der Waals surface area contributed by atoms with Crippen molar-refractivity contribution in [3.05, 3.63) is 59.4 Å². The highest BCUT2D eigenvalue weighted by Gasteiger charge is 2.07. The number of aromatic amines is 1. The molecule has 0 spiro atoms. The zero-order chi connectivity index (χ0) is 13.9. The topological polar surface area (TPSA) is 37.9 Å². The van der Waals surface area contributed by atoms with E-state index in [9.17, 15) is 0 Å². The molecular weight excluding hydrogens is 248 g/mol. The van der Waals surface area contributed by atoms with Crippen molar-refractivity contribution in [2.75, 3.05) is 6.61 Å². The molecule has 1 aromatic heterocycles. The summed E-state index contributed by atoms with van der Waals surface area (Å²) in [5.74, 6) is 0.946. The number of hydrogen-bond acceptors (Lipinski definition) is 2. The number of benzene rings is 2. The summed E-state index contributed by atoms with van der Waals surface area (Å²) in [6.45, 7) is 4.74. The summed E-state index contributed by atoms with van der Waals surface area (Å²) in [5, 5.41) is 9.59. The molecular formula is C17H18N2O. The minimum atomic E-state index is 0.662. The molecule has 0 fully saturated rings. The molecule has 2 aromatic carbocycles. The van der Waals surface area contributed by atoms with Gasteiger partial charge in [-0.15, -0.1) is 0 Å². The number of nitrogens with one attached hydrogen (secondary N) is 1. The Kier molecular flexibility index (Phi) is 3.42. The van der Waals surface area contributed by atoms with Gasteiger partial charge in [-0.3, -0.25) is 5.10 Å². The van der Waals surface area contributed by atoms with Crippen LogP contribution in [0.25, 0.3) is 10.8 Å². The van der Waals surface area contributed by atoms with Crippen LogP contribution in [0.15, 0.2) is 42.5 Å². The van der Waals surface area contributed by atoms with Gasteiger partial charge in [-0.2, -0.15) is 5.10 Å². The lowest BCUT2D eigenvalue weighted by Crippen LogP contribution is -2.03. The Morgan fingerprint density at radius 3 is 2.65 bits per heavy atom. The first-order valence-corrected chi connectivity index (χ1v) is 6.86. The molecule has 0 aliphatic carbocycles. The van der Waals surface area contributed by atoms with Crippen molar-refractivity contribution >= 4 is 10.8 Å². The van der Waals surface area contributed by atoms with Crippen LogP contribution in [0.5, 0.6) is 5.75 Å². The molecule has 0 radical (unpaired) electrons. The summed E-state index contributed by atoms with van der Waals surface area (Å²) in [6, 6.07) is 14.4. The van der Waals surface area contributed by atoms with E-state index in [0.29, 0.717) is 6.61 Å². The van der Waals surface area contributed by atoms with Crippen molar-refractivity contribution in [1.82, 2.24) is 10.2 Å². The van der Waals surface area contributed by atoms with Gasteiger partial charge in [-0.1, -0.05) is 36.4 Å². The van der Waals surface area contributed by atoms with E-state index >= 15 is 0 Å². The van der Waals surface area contributed by atoms with Crippen LogP contribution in [0.4, 0.5) is 0 Å². The molecule has 3 nitrogen and oxygen atoms in total. The predicted octanol–water partition coefficient (Wildman–Crippen LogP) is 3.80. The quantitative estimate of drug-likeness (QED) is 0.780. The second-order valence-corrected chi connectivity index (χ2v) is 4.99. The average molecular weight is 266 g/mol. The number of nitrogens with zero attached hydrogens (tertiary/aromatic N) is 1. The Labute approximate surface area is 118 Å². The molecule has 0 saturated carbocycles. The summed E-state index contributed by atoms with van der Waals surface area (Å²) in [5.41, 5.74) is 3.44. The molecule has 0 amide bonds. The molecule has 102 valence electrons. The van der Waals surface area contributed by atoms with E-state index in [4.69, 9.17) is 4.74 Å². The zero-order valence-corrected chi connectivity index (χ0v) is 11.8. The van der Waals surface area contributed by atoms with E-state index in [0.717, 1.165) is 28.9 Å². The van der Waals surface area contributed by atoms with E-state index in [-0.39, 0.29) is 0 Å². The van der Waals surface area contributed by atoms with E-state index in [1.54, 1.807) is 0 Å². The molecule has 3 heteroatoms. The smallest absolute Gasteiger partial charge is 0.127 e. The Morgan fingerprint density at radius 1 is 1.05 bits per heavy atom. The summed E-state index contributed by atoms with van der Waals surface area (Å²) < 4.78 is 5.96. The lowest BCUT2D eigenvalue weighted by molar-refractivity contribution is 0.325. The maximum absolute atomic E-state index is 5.96. The van der Waals surface area contributed by atoms with Crippen molar-refractivity contribution in [2.24, 2.45) is 0 Å². The van der Waals surface area contributed by atoms with Gasteiger partial charge in [-0.05, 0) is 30.9 Å². The second kappa shape index (κ2) is 5.37. The van der Waals surface area contributed by atoms with Crippen LogP contribution in [0.1, 0.15) is 17.0 Å². The van der Waals surface area contributed by atoms with Crippen molar-refractivity contribution in [1.29, 1.82) is 0 Å². The fourth-order valence-electron chi connectivity index (χ4n) is 2.53.